The quantitative estimate of drug-likeness (QED) is 0.868. The lowest BCUT2D eigenvalue weighted by atomic mass is 9.95. The number of rotatable bonds is 4. The third kappa shape index (κ3) is 3.44. The van der Waals surface area contributed by atoms with Gasteiger partial charge in [-0.2, -0.15) is 0 Å². The van der Waals surface area contributed by atoms with E-state index in [-0.39, 0.29) is 17.8 Å². The van der Waals surface area contributed by atoms with Gasteiger partial charge in [0.25, 0.3) is 0 Å². The third-order valence-electron chi connectivity index (χ3n) is 4.48. The molecule has 0 N–H and O–H groups in total. The molecular formula is C18H22FN3O. The Labute approximate surface area is 135 Å². The van der Waals surface area contributed by atoms with Crippen LogP contribution in [0.2, 0.25) is 0 Å². The molecule has 1 aromatic heterocycles. The lowest BCUT2D eigenvalue weighted by Gasteiger charge is -2.36. The molecular weight excluding hydrogens is 293 g/mol. The maximum atomic E-state index is 13.5. The van der Waals surface area contributed by atoms with Crippen molar-refractivity contribution in [1.82, 2.24) is 14.5 Å². The summed E-state index contributed by atoms with van der Waals surface area (Å²) < 4.78 is 15.4. The van der Waals surface area contributed by atoms with Crippen LogP contribution < -0.4 is 0 Å². The maximum absolute atomic E-state index is 13.5. The molecule has 0 unspecified atom stereocenters. The lowest BCUT2D eigenvalue weighted by molar-refractivity contribution is -0.135. The third-order valence-corrected chi connectivity index (χ3v) is 4.48. The van der Waals surface area contributed by atoms with Crippen LogP contribution in [0.1, 0.15) is 43.6 Å². The average molecular weight is 315 g/mol. The van der Waals surface area contributed by atoms with E-state index in [4.69, 9.17) is 0 Å². The van der Waals surface area contributed by atoms with Crippen LogP contribution in [0.25, 0.3) is 0 Å². The van der Waals surface area contributed by atoms with Gasteiger partial charge in [0.15, 0.2) is 0 Å². The second-order valence-electron chi connectivity index (χ2n) is 5.98. The fourth-order valence-electron chi connectivity index (χ4n) is 3.33. The van der Waals surface area contributed by atoms with E-state index in [2.05, 4.69) is 4.98 Å². The molecule has 2 aromatic rings. The monoisotopic (exact) mass is 315 g/mol. The largest absolute Gasteiger partial charge is 0.334 e. The highest BCUT2D eigenvalue weighted by molar-refractivity contribution is 5.76. The first kappa shape index (κ1) is 15.7. The molecule has 1 aliphatic heterocycles. The summed E-state index contributed by atoms with van der Waals surface area (Å²) >= 11 is 0. The Kier molecular flexibility index (Phi) is 4.74. The lowest BCUT2D eigenvalue weighted by Crippen LogP contribution is -2.40. The van der Waals surface area contributed by atoms with Gasteiger partial charge in [-0.25, -0.2) is 9.37 Å². The van der Waals surface area contributed by atoms with E-state index in [1.54, 1.807) is 18.3 Å². The molecule has 1 amide bonds. The summed E-state index contributed by atoms with van der Waals surface area (Å²) in [6.07, 6.45) is 7.33. The van der Waals surface area contributed by atoms with Gasteiger partial charge in [0.2, 0.25) is 5.91 Å². The van der Waals surface area contributed by atoms with Crippen molar-refractivity contribution in [1.29, 1.82) is 0 Å². The van der Waals surface area contributed by atoms with Crippen LogP contribution >= 0.6 is 0 Å². The van der Waals surface area contributed by atoms with Crippen molar-refractivity contribution >= 4 is 5.91 Å². The molecule has 1 saturated heterocycles. The Bertz CT molecular complexity index is 682. The summed E-state index contributed by atoms with van der Waals surface area (Å²) in [4.78, 5) is 19.0. The minimum absolute atomic E-state index is 0.0273. The molecule has 5 heteroatoms. The molecule has 1 fully saturated rings. The number of aryl methyl sites for hydroxylation is 1. The molecule has 2 heterocycles. The Morgan fingerprint density at radius 1 is 1.39 bits per heavy atom. The van der Waals surface area contributed by atoms with Gasteiger partial charge < -0.3 is 9.47 Å². The van der Waals surface area contributed by atoms with Crippen LogP contribution in [0.15, 0.2) is 36.7 Å². The van der Waals surface area contributed by atoms with Gasteiger partial charge in [-0.15, -0.1) is 0 Å². The highest BCUT2D eigenvalue weighted by Gasteiger charge is 2.28. The van der Waals surface area contributed by atoms with E-state index in [9.17, 15) is 9.18 Å². The summed E-state index contributed by atoms with van der Waals surface area (Å²) in [5.41, 5.74) is 0.888. The predicted molar refractivity (Wildman–Crippen MR) is 86.3 cm³/mol. The number of nitrogens with zero attached hydrogens (tertiary/aromatic N) is 3. The van der Waals surface area contributed by atoms with Crippen molar-refractivity contribution in [3.05, 3.63) is 53.9 Å². The minimum Gasteiger partial charge on any atom is -0.334 e. The SMILES string of the molecule is CCc1nccn1CC(=O)N1CCCC[C@H]1c1cccc(F)c1. The van der Waals surface area contributed by atoms with Crippen molar-refractivity contribution < 1.29 is 9.18 Å². The molecule has 0 aliphatic carbocycles. The summed E-state index contributed by atoms with van der Waals surface area (Å²) in [5.74, 6) is 0.743. The predicted octanol–water partition coefficient (Wildman–Crippen LogP) is 3.34. The number of amides is 1. The Hall–Kier alpha value is -2.17. The first-order chi connectivity index (χ1) is 11.2. The number of carbonyl (C=O) groups is 1. The number of benzene rings is 1. The Morgan fingerprint density at radius 2 is 2.26 bits per heavy atom. The van der Waals surface area contributed by atoms with Gasteiger partial charge in [0.05, 0.1) is 6.04 Å². The van der Waals surface area contributed by atoms with Crippen LogP contribution in [0.4, 0.5) is 4.39 Å². The van der Waals surface area contributed by atoms with Crippen molar-refractivity contribution in [2.45, 2.75) is 45.2 Å². The zero-order valence-corrected chi connectivity index (χ0v) is 13.4. The molecule has 122 valence electrons. The minimum atomic E-state index is -0.247. The van der Waals surface area contributed by atoms with E-state index in [0.717, 1.165) is 43.6 Å². The van der Waals surface area contributed by atoms with Gasteiger partial charge in [-0.05, 0) is 37.0 Å². The summed E-state index contributed by atoms with van der Waals surface area (Å²) in [6.45, 7) is 3.06. The normalized spacial score (nSPS) is 18.2. The second kappa shape index (κ2) is 6.94. The van der Waals surface area contributed by atoms with E-state index in [1.807, 2.05) is 28.7 Å². The molecule has 23 heavy (non-hydrogen) atoms. The molecule has 0 bridgehead atoms. The van der Waals surface area contributed by atoms with E-state index < -0.39 is 0 Å². The standard InChI is InChI=1S/C18H22FN3O/c1-2-17-20-9-11-21(17)13-18(23)22-10-4-3-8-16(22)14-6-5-7-15(19)12-14/h5-7,9,11-12,16H,2-4,8,10,13H2,1H3/t16-/m0/s1. The molecule has 1 atom stereocenters. The van der Waals surface area contributed by atoms with Gasteiger partial charge in [0.1, 0.15) is 18.2 Å². The van der Waals surface area contributed by atoms with Gasteiger partial charge >= 0.3 is 0 Å². The van der Waals surface area contributed by atoms with Crippen molar-refractivity contribution in [3.8, 4) is 0 Å². The highest BCUT2D eigenvalue weighted by Crippen LogP contribution is 2.31. The number of hydrogen-bond acceptors (Lipinski definition) is 2. The van der Waals surface area contributed by atoms with Crippen LogP contribution in [-0.2, 0) is 17.8 Å². The number of imidazole rings is 1. The summed E-state index contributed by atoms with van der Waals surface area (Å²) in [7, 11) is 0. The molecule has 0 radical (unpaired) electrons. The Morgan fingerprint density at radius 3 is 3.04 bits per heavy atom. The Balaban J connectivity index is 1.79. The fraction of sp³-hybridized carbons (Fsp3) is 0.444. The first-order valence-corrected chi connectivity index (χ1v) is 8.24. The number of aromatic nitrogens is 2. The maximum Gasteiger partial charge on any atom is 0.243 e. The number of halogens is 1. The number of carbonyl (C=O) groups excluding carboxylic acids is 1. The first-order valence-electron chi connectivity index (χ1n) is 8.24. The number of piperidine rings is 1. The van der Waals surface area contributed by atoms with Crippen molar-refractivity contribution in [3.63, 3.8) is 0 Å². The molecule has 1 aliphatic rings. The van der Waals surface area contributed by atoms with Crippen LogP contribution in [0.3, 0.4) is 0 Å². The zero-order chi connectivity index (χ0) is 16.2. The topological polar surface area (TPSA) is 38.1 Å². The van der Waals surface area contributed by atoms with Gasteiger partial charge in [-0.3, -0.25) is 4.79 Å². The average Bonchev–Trinajstić information content (AvgIpc) is 3.02. The molecule has 1 aromatic carbocycles. The van der Waals surface area contributed by atoms with Gasteiger partial charge in [-0.1, -0.05) is 19.1 Å². The van der Waals surface area contributed by atoms with Gasteiger partial charge in [0, 0.05) is 25.4 Å². The molecule has 4 nitrogen and oxygen atoms in total. The smallest absolute Gasteiger partial charge is 0.243 e. The molecule has 3 rings (SSSR count). The molecule has 0 saturated carbocycles. The van der Waals surface area contributed by atoms with Crippen LogP contribution in [0.5, 0.6) is 0 Å². The van der Waals surface area contributed by atoms with Crippen molar-refractivity contribution in [2.75, 3.05) is 6.54 Å². The van der Waals surface area contributed by atoms with E-state index in [0.29, 0.717) is 6.54 Å². The summed E-state index contributed by atoms with van der Waals surface area (Å²) in [6, 6.07) is 6.59. The highest BCUT2D eigenvalue weighted by atomic mass is 19.1. The summed E-state index contributed by atoms with van der Waals surface area (Å²) in [5, 5.41) is 0. The van der Waals surface area contributed by atoms with E-state index >= 15 is 0 Å². The van der Waals surface area contributed by atoms with Crippen LogP contribution in [0, 0.1) is 5.82 Å². The van der Waals surface area contributed by atoms with Crippen molar-refractivity contribution in [2.24, 2.45) is 0 Å². The second-order valence-corrected chi connectivity index (χ2v) is 5.98. The number of likely N-dealkylation sites (tertiary alicyclic amines) is 1. The number of hydrogen-bond donors (Lipinski definition) is 0. The molecule has 0 spiro atoms. The zero-order valence-electron chi connectivity index (χ0n) is 13.4. The van der Waals surface area contributed by atoms with E-state index in [1.165, 1.54) is 6.07 Å². The fourth-order valence-corrected chi connectivity index (χ4v) is 3.33. The van der Waals surface area contributed by atoms with Crippen LogP contribution in [-0.4, -0.2) is 26.9 Å².